The summed E-state index contributed by atoms with van der Waals surface area (Å²) in [7, 11) is 2.21. The van der Waals surface area contributed by atoms with Gasteiger partial charge in [-0.05, 0) is 35.4 Å². The highest BCUT2D eigenvalue weighted by molar-refractivity contribution is 6.09. The SMILES string of the molecule is COC(=O)Oc1ccc(C(C(=O)O)C2C(=O)NC(=O)C2C(C(=O)O)c2ccc(OC(=O)OC)cc2)cc1. The van der Waals surface area contributed by atoms with Gasteiger partial charge in [0, 0.05) is 0 Å². The molecule has 3 rings (SSSR count). The molecule has 1 saturated heterocycles. The summed E-state index contributed by atoms with van der Waals surface area (Å²) in [6, 6.07) is 10.2. The number of carbonyl (C=O) groups is 6. The van der Waals surface area contributed by atoms with Crippen LogP contribution in [0.25, 0.3) is 0 Å². The lowest BCUT2D eigenvalue weighted by atomic mass is 9.72. The number of amides is 2. The molecule has 4 unspecified atom stereocenters. The van der Waals surface area contributed by atoms with Crippen molar-refractivity contribution in [1.29, 1.82) is 0 Å². The molecule has 37 heavy (non-hydrogen) atoms. The van der Waals surface area contributed by atoms with E-state index in [0.717, 1.165) is 14.2 Å². The molecule has 2 aromatic rings. The number of nitrogens with one attached hydrogen (secondary N) is 1. The molecule has 0 aromatic heterocycles. The van der Waals surface area contributed by atoms with E-state index in [2.05, 4.69) is 9.47 Å². The van der Waals surface area contributed by atoms with Crippen molar-refractivity contribution >= 4 is 36.1 Å². The molecule has 0 aliphatic carbocycles. The molecule has 0 saturated carbocycles. The number of carbonyl (C=O) groups excluding carboxylic acids is 4. The Morgan fingerprint density at radius 3 is 1.27 bits per heavy atom. The highest BCUT2D eigenvalue weighted by atomic mass is 16.7. The number of ether oxygens (including phenoxy) is 4. The molecule has 0 radical (unpaired) electrons. The third-order valence-corrected chi connectivity index (χ3v) is 5.70. The second-order valence-corrected chi connectivity index (χ2v) is 7.79. The van der Waals surface area contributed by atoms with Crippen LogP contribution in [0.4, 0.5) is 9.59 Å². The third-order valence-electron chi connectivity index (χ3n) is 5.70. The molecule has 0 spiro atoms. The van der Waals surface area contributed by atoms with Crippen molar-refractivity contribution in [1.82, 2.24) is 5.32 Å². The van der Waals surface area contributed by atoms with E-state index in [4.69, 9.17) is 9.47 Å². The number of carboxylic acid groups (broad SMARTS) is 2. The number of aliphatic carboxylic acids is 2. The van der Waals surface area contributed by atoms with E-state index in [9.17, 15) is 39.0 Å². The minimum Gasteiger partial charge on any atom is -0.481 e. The molecule has 3 N–H and O–H groups in total. The van der Waals surface area contributed by atoms with Crippen LogP contribution >= 0.6 is 0 Å². The van der Waals surface area contributed by atoms with E-state index in [1.807, 2.05) is 5.32 Å². The number of hydrogen-bond donors (Lipinski definition) is 3. The number of benzene rings is 2. The van der Waals surface area contributed by atoms with Crippen molar-refractivity contribution in [2.45, 2.75) is 11.8 Å². The predicted molar refractivity (Wildman–Crippen MR) is 120 cm³/mol. The fourth-order valence-corrected chi connectivity index (χ4v) is 4.10. The maximum atomic E-state index is 12.8. The van der Waals surface area contributed by atoms with Gasteiger partial charge in [-0.3, -0.25) is 24.5 Å². The monoisotopic (exact) mass is 515 g/mol. The van der Waals surface area contributed by atoms with Crippen LogP contribution in [0.15, 0.2) is 48.5 Å². The van der Waals surface area contributed by atoms with Crippen molar-refractivity contribution < 1.29 is 57.9 Å². The molecule has 13 heteroatoms. The van der Waals surface area contributed by atoms with Crippen LogP contribution in [0.5, 0.6) is 11.5 Å². The van der Waals surface area contributed by atoms with Crippen LogP contribution in [-0.4, -0.2) is 60.5 Å². The number of rotatable bonds is 8. The lowest BCUT2D eigenvalue weighted by molar-refractivity contribution is -0.147. The second kappa shape index (κ2) is 11.2. The summed E-state index contributed by atoms with van der Waals surface area (Å²) in [5.41, 5.74) is 0.131. The minimum absolute atomic E-state index is 0.0286. The first-order chi connectivity index (χ1) is 17.6. The zero-order valence-corrected chi connectivity index (χ0v) is 19.4. The molecule has 13 nitrogen and oxygen atoms in total. The highest BCUT2D eigenvalue weighted by Crippen LogP contribution is 2.42. The average Bonchev–Trinajstić information content (AvgIpc) is 3.14. The number of methoxy groups -OCH3 is 2. The Balaban J connectivity index is 1.99. The van der Waals surface area contributed by atoms with Gasteiger partial charge in [0.05, 0.1) is 37.9 Å². The largest absolute Gasteiger partial charge is 0.513 e. The number of hydrogen-bond acceptors (Lipinski definition) is 10. The lowest BCUT2D eigenvalue weighted by Gasteiger charge is -2.27. The van der Waals surface area contributed by atoms with Gasteiger partial charge in [-0.25, -0.2) is 9.59 Å². The Kier molecular flexibility index (Phi) is 8.07. The predicted octanol–water partition coefficient (Wildman–Crippen LogP) is 1.90. The standard InChI is InChI=1S/C24H21NO12/c1-34-23(32)36-13-7-3-11(4-8-13)15(21(28)29)17-18(20(27)25-19(17)26)16(22(30)31)12-5-9-14(10-6-12)37-24(33)35-2/h3-10,15-18H,1-2H3,(H,28,29)(H,30,31)(H,25,26,27). The summed E-state index contributed by atoms with van der Waals surface area (Å²) >= 11 is 0. The molecule has 1 aliphatic rings. The van der Waals surface area contributed by atoms with E-state index in [1.165, 1.54) is 48.5 Å². The fraction of sp³-hybridized carbons (Fsp3) is 0.250. The summed E-state index contributed by atoms with van der Waals surface area (Å²) in [4.78, 5) is 72.7. The molecule has 1 fully saturated rings. The third kappa shape index (κ3) is 5.83. The van der Waals surface area contributed by atoms with Crippen LogP contribution in [0, 0.1) is 11.8 Å². The average molecular weight is 515 g/mol. The lowest BCUT2D eigenvalue weighted by Crippen LogP contribution is -2.36. The van der Waals surface area contributed by atoms with Crippen LogP contribution in [0.2, 0.25) is 0 Å². The smallest absolute Gasteiger partial charge is 0.481 e. The van der Waals surface area contributed by atoms with E-state index in [1.54, 1.807) is 0 Å². The Morgan fingerprint density at radius 2 is 1.00 bits per heavy atom. The van der Waals surface area contributed by atoms with Crippen molar-refractivity contribution in [2.24, 2.45) is 11.8 Å². The highest BCUT2D eigenvalue weighted by Gasteiger charge is 2.54. The van der Waals surface area contributed by atoms with Gasteiger partial charge in [0.1, 0.15) is 11.5 Å². The summed E-state index contributed by atoms with van der Waals surface area (Å²) in [6.45, 7) is 0. The maximum Gasteiger partial charge on any atom is 0.513 e. The summed E-state index contributed by atoms with van der Waals surface area (Å²) in [5.74, 6) is -11.2. The number of carboxylic acids is 2. The normalized spacial score (nSPS) is 18.2. The first-order valence-corrected chi connectivity index (χ1v) is 10.6. The number of imide groups is 1. The minimum atomic E-state index is -1.62. The van der Waals surface area contributed by atoms with Crippen LogP contribution < -0.4 is 14.8 Å². The molecule has 1 aliphatic heterocycles. The van der Waals surface area contributed by atoms with E-state index in [0.29, 0.717) is 0 Å². The van der Waals surface area contributed by atoms with Gasteiger partial charge in [-0.1, -0.05) is 24.3 Å². The van der Waals surface area contributed by atoms with Crippen LogP contribution in [0.3, 0.4) is 0 Å². The topological polar surface area (TPSA) is 192 Å². The first-order valence-electron chi connectivity index (χ1n) is 10.6. The van der Waals surface area contributed by atoms with Crippen molar-refractivity contribution in [3.05, 3.63) is 59.7 Å². The van der Waals surface area contributed by atoms with Gasteiger partial charge in [0.2, 0.25) is 11.8 Å². The summed E-state index contributed by atoms with van der Waals surface area (Å²) < 4.78 is 18.5. The van der Waals surface area contributed by atoms with Gasteiger partial charge in [-0.15, -0.1) is 0 Å². The molecular weight excluding hydrogens is 494 g/mol. The quantitative estimate of drug-likeness (QED) is 0.263. The van der Waals surface area contributed by atoms with Crippen molar-refractivity contribution in [2.75, 3.05) is 14.2 Å². The molecule has 1 heterocycles. The Bertz CT molecular complexity index is 1130. The van der Waals surface area contributed by atoms with E-state index >= 15 is 0 Å². The fourth-order valence-electron chi connectivity index (χ4n) is 4.10. The van der Waals surface area contributed by atoms with Gasteiger partial charge in [0.25, 0.3) is 0 Å². The van der Waals surface area contributed by atoms with E-state index < -0.39 is 59.7 Å². The van der Waals surface area contributed by atoms with Gasteiger partial charge in [-0.2, -0.15) is 0 Å². The van der Waals surface area contributed by atoms with Crippen molar-refractivity contribution in [3.8, 4) is 11.5 Å². The first kappa shape index (κ1) is 26.7. The molecule has 4 atom stereocenters. The Labute approximate surface area is 208 Å². The molecule has 0 bridgehead atoms. The zero-order valence-electron chi connectivity index (χ0n) is 19.4. The van der Waals surface area contributed by atoms with Gasteiger partial charge in [0.15, 0.2) is 0 Å². The molecule has 2 amide bonds. The summed E-state index contributed by atoms with van der Waals surface area (Å²) in [5, 5.41) is 22.0. The Hall–Kier alpha value is -4.94. The molecule has 194 valence electrons. The Morgan fingerprint density at radius 1 is 0.676 bits per heavy atom. The van der Waals surface area contributed by atoms with Crippen molar-refractivity contribution in [3.63, 3.8) is 0 Å². The summed E-state index contributed by atoms with van der Waals surface area (Å²) in [6.07, 6.45) is -2.01. The van der Waals surface area contributed by atoms with Crippen LogP contribution in [0.1, 0.15) is 23.0 Å². The second-order valence-electron chi connectivity index (χ2n) is 7.79. The van der Waals surface area contributed by atoms with Crippen LogP contribution in [-0.2, 0) is 28.7 Å². The molecular formula is C24H21NO12. The molecule has 2 aromatic carbocycles. The van der Waals surface area contributed by atoms with Gasteiger partial charge >= 0.3 is 24.2 Å². The zero-order chi connectivity index (χ0) is 27.3. The van der Waals surface area contributed by atoms with E-state index in [-0.39, 0.29) is 22.6 Å². The maximum absolute atomic E-state index is 12.8. The van der Waals surface area contributed by atoms with Gasteiger partial charge < -0.3 is 29.2 Å².